The fourth-order valence-corrected chi connectivity index (χ4v) is 1.49. The Balaban J connectivity index is 2.79. The van der Waals surface area contributed by atoms with E-state index in [0.717, 1.165) is 0 Å². The SMILES string of the molecule is FC(F)(F)c1nc2ccccc2[nH]c1=S. The minimum absolute atomic E-state index is 0.249. The topological polar surface area (TPSA) is 28.7 Å². The summed E-state index contributed by atoms with van der Waals surface area (Å²) < 4.78 is 36.9. The van der Waals surface area contributed by atoms with Gasteiger partial charge in [0.25, 0.3) is 0 Å². The van der Waals surface area contributed by atoms with Crippen molar-refractivity contribution in [2.75, 3.05) is 0 Å². The van der Waals surface area contributed by atoms with Gasteiger partial charge in [-0.15, -0.1) is 0 Å². The number of aromatic nitrogens is 2. The number of halogens is 3. The lowest BCUT2D eigenvalue weighted by Crippen LogP contribution is -2.10. The smallest absolute Gasteiger partial charge is 0.343 e. The number of para-hydroxylation sites is 2. The molecule has 0 saturated carbocycles. The molecular weight excluding hydrogens is 225 g/mol. The lowest BCUT2D eigenvalue weighted by atomic mass is 10.3. The molecule has 2 nitrogen and oxygen atoms in total. The molecule has 0 spiro atoms. The molecule has 78 valence electrons. The zero-order chi connectivity index (χ0) is 11.1. The Labute approximate surface area is 87.8 Å². The highest BCUT2D eigenvalue weighted by Gasteiger charge is 2.34. The Morgan fingerprint density at radius 3 is 2.53 bits per heavy atom. The predicted molar refractivity (Wildman–Crippen MR) is 51.9 cm³/mol. The molecule has 0 amide bonds. The van der Waals surface area contributed by atoms with Crippen LogP contribution in [0.15, 0.2) is 24.3 Å². The normalized spacial score (nSPS) is 11.9. The summed E-state index contributed by atoms with van der Waals surface area (Å²) in [7, 11) is 0. The molecule has 0 aliphatic carbocycles. The monoisotopic (exact) mass is 230 g/mol. The molecule has 1 aromatic heterocycles. The van der Waals surface area contributed by atoms with Crippen LogP contribution in [-0.2, 0) is 6.18 Å². The van der Waals surface area contributed by atoms with E-state index in [-0.39, 0.29) is 10.2 Å². The third-order valence-electron chi connectivity index (χ3n) is 1.87. The molecule has 0 saturated heterocycles. The molecule has 0 bridgehead atoms. The van der Waals surface area contributed by atoms with Crippen molar-refractivity contribution in [3.63, 3.8) is 0 Å². The number of alkyl halides is 3. The summed E-state index contributed by atoms with van der Waals surface area (Å²) in [5, 5.41) is 0. The van der Waals surface area contributed by atoms with Crippen molar-refractivity contribution in [3.05, 3.63) is 34.6 Å². The van der Waals surface area contributed by atoms with Gasteiger partial charge in [-0.3, -0.25) is 0 Å². The Morgan fingerprint density at radius 1 is 1.20 bits per heavy atom. The van der Waals surface area contributed by atoms with Crippen molar-refractivity contribution < 1.29 is 13.2 Å². The molecule has 0 aliphatic rings. The van der Waals surface area contributed by atoms with Gasteiger partial charge in [-0.05, 0) is 12.1 Å². The zero-order valence-corrected chi connectivity index (χ0v) is 8.12. The van der Waals surface area contributed by atoms with Crippen LogP contribution in [0.2, 0.25) is 0 Å². The maximum absolute atomic E-state index is 12.4. The number of nitrogens with zero attached hydrogens (tertiary/aromatic N) is 1. The van der Waals surface area contributed by atoms with E-state index in [0.29, 0.717) is 5.52 Å². The van der Waals surface area contributed by atoms with Gasteiger partial charge >= 0.3 is 6.18 Å². The van der Waals surface area contributed by atoms with E-state index in [9.17, 15) is 13.2 Å². The second-order valence-electron chi connectivity index (χ2n) is 2.93. The van der Waals surface area contributed by atoms with Crippen molar-refractivity contribution in [1.29, 1.82) is 0 Å². The summed E-state index contributed by atoms with van der Waals surface area (Å²) >= 11 is 4.59. The van der Waals surface area contributed by atoms with Crippen molar-refractivity contribution in [1.82, 2.24) is 9.97 Å². The van der Waals surface area contributed by atoms with Crippen LogP contribution >= 0.6 is 12.2 Å². The highest BCUT2D eigenvalue weighted by molar-refractivity contribution is 7.71. The first-order chi connectivity index (χ1) is 6.98. The number of fused-ring (bicyclic) bond motifs is 1. The molecule has 1 aromatic carbocycles. The maximum atomic E-state index is 12.4. The first-order valence-corrected chi connectivity index (χ1v) is 4.45. The minimum atomic E-state index is -4.52. The largest absolute Gasteiger partial charge is 0.436 e. The van der Waals surface area contributed by atoms with Crippen molar-refractivity contribution in [3.8, 4) is 0 Å². The summed E-state index contributed by atoms with van der Waals surface area (Å²) in [4.78, 5) is 5.98. The van der Waals surface area contributed by atoms with Gasteiger partial charge in [0.2, 0.25) is 0 Å². The van der Waals surface area contributed by atoms with Gasteiger partial charge in [0.05, 0.1) is 11.0 Å². The summed E-state index contributed by atoms with van der Waals surface area (Å²) in [5.74, 6) is 0. The minimum Gasteiger partial charge on any atom is -0.343 e. The average Bonchev–Trinajstić information content (AvgIpc) is 2.15. The van der Waals surface area contributed by atoms with Crippen molar-refractivity contribution >= 4 is 23.3 Å². The molecule has 1 N–H and O–H groups in total. The van der Waals surface area contributed by atoms with Crippen LogP contribution in [-0.4, -0.2) is 9.97 Å². The van der Waals surface area contributed by atoms with Gasteiger partial charge in [-0.25, -0.2) is 4.98 Å². The van der Waals surface area contributed by atoms with Gasteiger partial charge in [0.15, 0.2) is 5.69 Å². The van der Waals surface area contributed by atoms with Crippen LogP contribution in [0, 0.1) is 4.64 Å². The van der Waals surface area contributed by atoms with E-state index < -0.39 is 11.9 Å². The highest BCUT2D eigenvalue weighted by Crippen LogP contribution is 2.28. The van der Waals surface area contributed by atoms with E-state index in [1.165, 1.54) is 6.07 Å². The van der Waals surface area contributed by atoms with Crippen LogP contribution in [0.5, 0.6) is 0 Å². The highest BCUT2D eigenvalue weighted by atomic mass is 32.1. The van der Waals surface area contributed by atoms with E-state index in [1.54, 1.807) is 18.2 Å². The standard InChI is InChI=1S/C9H5F3N2S/c10-9(11,12)7-8(15)14-6-4-2-1-3-5(6)13-7/h1-4H,(H,14,15). The number of aromatic amines is 1. The Kier molecular flexibility index (Phi) is 2.22. The lowest BCUT2D eigenvalue weighted by molar-refractivity contribution is -0.141. The molecule has 0 aliphatic heterocycles. The molecule has 1 heterocycles. The average molecular weight is 230 g/mol. The molecule has 0 fully saturated rings. The third kappa shape index (κ3) is 1.85. The molecule has 15 heavy (non-hydrogen) atoms. The van der Waals surface area contributed by atoms with E-state index in [4.69, 9.17) is 0 Å². The second kappa shape index (κ2) is 3.30. The lowest BCUT2D eigenvalue weighted by Gasteiger charge is -2.06. The predicted octanol–water partition coefficient (Wildman–Crippen LogP) is 3.31. The Morgan fingerprint density at radius 2 is 1.87 bits per heavy atom. The van der Waals surface area contributed by atoms with Gasteiger partial charge in [0.1, 0.15) is 4.64 Å². The molecule has 2 rings (SSSR count). The third-order valence-corrected chi connectivity index (χ3v) is 2.16. The molecule has 0 unspecified atom stereocenters. The number of hydrogen-bond acceptors (Lipinski definition) is 2. The maximum Gasteiger partial charge on any atom is 0.436 e. The first kappa shape index (κ1) is 10.1. The van der Waals surface area contributed by atoms with E-state index >= 15 is 0 Å². The van der Waals surface area contributed by atoms with Crippen LogP contribution in [0.3, 0.4) is 0 Å². The van der Waals surface area contributed by atoms with Gasteiger partial charge in [0, 0.05) is 0 Å². The summed E-state index contributed by atoms with van der Waals surface area (Å²) in [6, 6.07) is 6.43. The molecule has 2 aromatic rings. The number of nitrogens with one attached hydrogen (secondary N) is 1. The zero-order valence-electron chi connectivity index (χ0n) is 7.30. The van der Waals surface area contributed by atoms with Crippen molar-refractivity contribution in [2.24, 2.45) is 0 Å². The second-order valence-corrected chi connectivity index (χ2v) is 3.34. The van der Waals surface area contributed by atoms with E-state index in [1.807, 2.05) is 0 Å². The number of rotatable bonds is 0. The summed E-state index contributed by atoms with van der Waals surface area (Å²) in [6.45, 7) is 0. The number of benzene rings is 1. The van der Waals surface area contributed by atoms with Crippen LogP contribution < -0.4 is 0 Å². The summed E-state index contributed by atoms with van der Waals surface area (Å²) in [6.07, 6.45) is -4.52. The summed E-state index contributed by atoms with van der Waals surface area (Å²) in [5.41, 5.74) is -0.301. The first-order valence-electron chi connectivity index (χ1n) is 4.05. The van der Waals surface area contributed by atoms with Gasteiger partial charge in [-0.1, -0.05) is 24.4 Å². The fourth-order valence-electron chi connectivity index (χ4n) is 1.22. The van der Waals surface area contributed by atoms with Gasteiger partial charge in [-0.2, -0.15) is 13.2 Å². The number of H-pyrrole nitrogens is 1. The van der Waals surface area contributed by atoms with Crippen LogP contribution in [0.25, 0.3) is 11.0 Å². The molecule has 6 heteroatoms. The molecular formula is C9H5F3N2S. The quantitative estimate of drug-likeness (QED) is 0.703. The van der Waals surface area contributed by atoms with E-state index in [2.05, 4.69) is 22.2 Å². The van der Waals surface area contributed by atoms with Gasteiger partial charge < -0.3 is 4.98 Å². The molecule has 0 atom stereocenters. The van der Waals surface area contributed by atoms with Crippen molar-refractivity contribution in [2.45, 2.75) is 6.18 Å². The van der Waals surface area contributed by atoms with Crippen LogP contribution in [0.1, 0.15) is 5.69 Å². The number of hydrogen-bond donors (Lipinski definition) is 1. The Hall–Kier alpha value is -1.43. The van der Waals surface area contributed by atoms with Crippen LogP contribution in [0.4, 0.5) is 13.2 Å². The fraction of sp³-hybridized carbons (Fsp3) is 0.111. The molecule has 0 radical (unpaired) electrons. The Bertz CT molecular complexity index is 559.